The molecule has 0 N–H and O–H groups in total. The van der Waals surface area contributed by atoms with Gasteiger partial charge in [-0.1, -0.05) is 12.1 Å². The molecule has 2 aromatic carbocycles. The molecule has 0 fully saturated rings. The van der Waals surface area contributed by atoms with Gasteiger partial charge in [-0.2, -0.15) is 13.7 Å². The third kappa shape index (κ3) is 3.52. The van der Waals surface area contributed by atoms with E-state index in [1.807, 2.05) is 6.07 Å². The number of rotatable bonds is 5. The van der Waals surface area contributed by atoms with Crippen molar-refractivity contribution in [3.8, 4) is 17.6 Å². The van der Waals surface area contributed by atoms with E-state index in [1.165, 1.54) is 30.3 Å². The standard InChI is InChI=1S/C15H13NO4S/c1-2-19-14-5-3-4-6-15(14)20-21(17,18)13-9-7-12(11-16)8-10-13/h3-10H,2H2,1H3. The molecule has 0 aliphatic heterocycles. The van der Waals surface area contributed by atoms with Gasteiger partial charge in [0, 0.05) is 0 Å². The van der Waals surface area contributed by atoms with Crippen LogP contribution in [0.2, 0.25) is 0 Å². The third-order valence-electron chi connectivity index (χ3n) is 2.62. The molecule has 0 aliphatic carbocycles. The summed E-state index contributed by atoms with van der Waals surface area (Å²) in [4.78, 5) is -0.0206. The maximum absolute atomic E-state index is 12.2. The van der Waals surface area contributed by atoms with Crippen molar-refractivity contribution >= 4 is 10.1 Å². The van der Waals surface area contributed by atoms with Gasteiger partial charge < -0.3 is 8.92 Å². The maximum Gasteiger partial charge on any atom is 0.339 e. The fraction of sp³-hybridized carbons (Fsp3) is 0.133. The molecule has 0 saturated heterocycles. The summed E-state index contributed by atoms with van der Waals surface area (Å²) >= 11 is 0. The van der Waals surface area contributed by atoms with E-state index in [1.54, 1.807) is 25.1 Å². The van der Waals surface area contributed by atoms with Crippen LogP contribution in [-0.2, 0) is 10.1 Å². The summed E-state index contributed by atoms with van der Waals surface area (Å²) in [7, 11) is -3.97. The van der Waals surface area contributed by atoms with Crippen molar-refractivity contribution in [2.45, 2.75) is 11.8 Å². The number of hydrogen-bond donors (Lipinski definition) is 0. The molecule has 0 amide bonds. The molecule has 5 nitrogen and oxygen atoms in total. The molecule has 0 bridgehead atoms. The molecule has 0 heterocycles. The predicted octanol–water partition coefficient (Wildman–Crippen LogP) is 2.72. The first-order chi connectivity index (χ1) is 10.1. The van der Waals surface area contributed by atoms with Crippen molar-refractivity contribution in [3.05, 3.63) is 54.1 Å². The average Bonchev–Trinajstić information content (AvgIpc) is 2.49. The second-order valence-corrected chi connectivity index (χ2v) is 5.60. The summed E-state index contributed by atoms with van der Waals surface area (Å²) in [5.74, 6) is 0.487. The van der Waals surface area contributed by atoms with Gasteiger partial charge in [-0.05, 0) is 43.3 Å². The molecule has 2 rings (SSSR count). The number of nitriles is 1. The second kappa shape index (κ2) is 6.29. The summed E-state index contributed by atoms with van der Waals surface area (Å²) in [5, 5.41) is 8.71. The molecule has 0 unspecified atom stereocenters. The lowest BCUT2D eigenvalue weighted by Crippen LogP contribution is -2.10. The van der Waals surface area contributed by atoms with Crippen molar-refractivity contribution in [1.29, 1.82) is 5.26 Å². The van der Waals surface area contributed by atoms with E-state index < -0.39 is 10.1 Å². The zero-order valence-corrected chi connectivity index (χ0v) is 12.1. The van der Waals surface area contributed by atoms with Crippen LogP contribution in [-0.4, -0.2) is 15.0 Å². The average molecular weight is 303 g/mol. The Morgan fingerprint density at radius 2 is 1.67 bits per heavy atom. The first kappa shape index (κ1) is 14.9. The van der Waals surface area contributed by atoms with Crippen LogP contribution in [0, 0.1) is 11.3 Å². The highest BCUT2D eigenvalue weighted by Crippen LogP contribution is 2.29. The van der Waals surface area contributed by atoms with Crippen LogP contribution in [0.5, 0.6) is 11.5 Å². The van der Waals surface area contributed by atoms with Gasteiger partial charge in [0.25, 0.3) is 0 Å². The lowest BCUT2D eigenvalue weighted by molar-refractivity contribution is 0.327. The lowest BCUT2D eigenvalue weighted by Gasteiger charge is -2.11. The Bertz CT molecular complexity index is 761. The van der Waals surface area contributed by atoms with E-state index >= 15 is 0 Å². The molecule has 0 radical (unpaired) electrons. The van der Waals surface area contributed by atoms with Crippen LogP contribution >= 0.6 is 0 Å². The van der Waals surface area contributed by atoms with Crippen LogP contribution in [0.15, 0.2) is 53.4 Å². The number of benzene rings is 2. The fourth-order valence-corrected chi connectivity index (χ4v) is 2.60. The third-order valence-corrected chi connectivity index (χ3v) is 3.87. The van der Waals surface area contributed by atoms with Crippen molar-refractivity contribution in [3.63, 3.8) is 0 Å². The van der Waals surface area contributed by atoms with E-state index in [9.17, 15) is 8.42 Å². The zero-order chi connectivity index (χ0) is 15.3. The number of ether oxygens (including phenoxy) is 1. The molecule has 0 aliphatic rings. The van der Waals surface area contributed by atoms with Crippen LogP contribution in [0.4, 0.5) is 0 Å². The molecular formula is C15H13NO4S. The number of para-hydroxylation sites is 2. The van der Waals surface area contributed by atoms with Gasteiger partial charge in [-0.25, -0.2) is 0 Å². The summed E-state index contributed by atoms with van der Waals surface area (Å²) in [6, 6.07) is 14.0. The number of nitrogens with zero attached hydrogens (tertiary/aromatic N) is 1. The van der Waals surface area contributed by atoms with Crippen LogP contribution in [0.1, 0.15) is 12.5 Å². The van der Waals surface area contributed by atoms with Gasteiger partial charge >= 0.3 is 10.1 Å². The summed E-state index contributed by atoms with van der Waals surface area (Å²) in [6.07, 6.45) is 0. The zero-order valence-electron chi connectivity index (χ0n) is 11.3. The van der Waals surface area contributed by atoms with Gasteiger partial charge in [0.1, 0.15) is 4.90 Å². The van der Waals surface area contributed by atoms with E-state index in [0.29, 0.717) is 17.9 Å². The monoisotopic (exact) mass is 303 g/mol. The summed E-state index contributed by atoms with van der Waals surface area (Å²) in [5.41, 5.74) is 0.378. The first-order valence-electron chi connectivity index (χ1n) is 6.23. The molecule has 2 aromatic rings. The molecule has 21 heavy (non-hydrogen) atoms. The van der Waals surface area contributed by atoms with Crippen molar-refractivity contribution < 1.29 is 17.3 Å². The van der Waals surface area contributed by atoms with E-state index in [0.717, 1.165) is 0 Å². The number of hydrogen-bond acceptors (Lipinski definition) is 5. The Labute approximate surface area is 123 Å². The minimum Gasteiger partial charge on any atom is -0.490 e. The van der Waals surface area contributed by atoms with Crippen LogP contribution in [0.25, 0.3) is 0 Å². The Hall–Kier alpha value is -2.52. The predicted molar refractivity (Wildman–Crippen MR) is 76.6 cm³/mol. The minimum atomic E-state index is -3.97. The first-order valence-corrected chi connectivity index (χ1v) is 7.64. The van der Waals surface area contributed by atoms with Crippen molar-refractivity contribution in [2.75, 3.05) is 6.61 Å². The van der Waals surface area contributed by atoms with Gasteiger partial charge in [0.05, 0.1) is 18.2 Å². The van der Waals surface area contributed by atoms with E-state index in [4.69, 9.17) is 14.2 Å². The Kier molecular flexibility index (Phi) is 4.45. The smallest absolute Gasteiger partial charge is 0.339 e. The quantitative estimate of drug-likeness (QED) is 0.794. The van der Waals surface area contributed by atoms with Crippen LogP contribution < -0.4 is 8.92 Å². The largest absolute Gasteiger partial charge is 0.490 e. The molecule has 0 atom stereocenters. The molecule has 108 valence electrons. The fourth-order valence-electron chi connectivity index (χ4n) is 1.66. The molecule has 0 aromatic heterocycles. The maximum atomic E-state index is 12.2. The van der Waals surface area contributed by atoms with Crippen molar-refractivity contribution in [1.82, 2.24) is 0 Å². The van der Waals surface area contributed by atoms with Gasteiger partial charge in [0.15, 0.2) is 11.5 Å². The normalized spacial score (nSPS) is 10.7. The van der Waals surface area contributed by atoms with Gasteiger partial charge in [0.2, 0.25) is 0 Å². The highest BCUT2D eigenvalue weighted by molar-refractivity contribution is 7.87. The molecule has 0 spiro atoms. The molecular weight excluding hydrogens is 290 g/mol. The van der Waals surface area contributed by atoms with Crippen molar-refractivity contribution in [2.24, 2.45) is 0 Å². The SMILES string of the molecule is CCOc1ccccc1OS(=O)(=O)c1ccc(C#N)cc1. The second-order valence-electron chi connectivity index (χ2n) is 4.05. The van der Waals surface area contributed by atoms with Crippen LogP contribution in [0.3, 0.4) is 0 Å². The highest BCUT2D eigenvalue weighted by Gasteiger charge is 2.18. The van der Waals surface area contributed by atoms with Gasteiger partial charge in [-0.3, -0.25) is 0 Å². The Morgan fingerprint density at radius 3 is 2.24 bits per heavy atom. The van der Waals surface area contributed by atoms with E-state index in [2.05, 4.69) is 0 Å². The Morgan fingerprint density at radius 1 is 1.05 bits per heavy atom. The Balaban J connectivity index is 2.31. The molecule has 0 saturated carbocycles. The van der Waals surface area contributed by atoms with Gasteiger partial charge in [-0.15, -0.1) is 0 Å². The topological polar surface area (TPSA) is 76.4 Å². The minimum absolute atomic E-state index is 0.0206. The highest BCUT2D eigenvalue weighted by atomic mass is 32.2. The lowest BCUT2D eigenvalue weighted by atomic mass is 10.2. The molecule has 6 heteroatoms. The summed E-state index contributed by atoms with van der Waals surface area (Å²) < 4.78 is 34.8. The summed E-state index contributed by atoms with van der Waals surface area (Å²) in [6.45, 7) is 2.20. The van der Waals surface area contributed by atoms with E-state index in [-0.39, 0.29) is 10.6 Å².